The Bertz CT molecular complexity index is 882. The molecule has 2 bridgehead atoms. The SMILES string of the molecule is COCCCNC(=O)c1ccc2c(c1)[C@H]1[C@@H]3CC[C@@H](C3)[C@@H]1[C@H](c1ccccc1)N2. The number of benzene rings is 2. The summed E-state index contributed by atoms with van der Waals surface area (Å²) in [6.45, 7) is 1.32. The number of carbonyl (C=O) groups excluding carboxylic acids is 1. The first-order valence-electron chi connectivity index (χ1n) is 11.0. The third kappa shape index (κ3) is 3.33. The van der Waals surface area contributed by atoms with Gasteiger partial charge in [0.25, 0.3) is 5.91 Å². The lowest BCUT2D eigenvalue weighted by atomic mass is 9.68. The maximum absolute atomic E-state index is 12.7. The number of fused-ring (bicyclic) bond motifs is 7. The molecule has 5 atom stereocenters. The molecule has 2 N–H and O–H groups in total. The Kier molecular flexibility index (Phi) is 5.04. The number of rotatable bonds is 6. The van der Waals surface area contributed by atoms with Gasteiger partial charge < -0.3 is 15.4 Å². The highest BCUT2D eigenvalue weighted by Gasteiger charge is 2.53. The lowest BCUT2D eigenvalue weighted by Gasteiger charge is -2.43. The maximum Gasteiger partial charge on any atom is 0.251 e. The van der Waals surface area contributed by atoms with Gasteiger partial charge >= 0.3 is 0 Å². The zero-order chi connectivity index (χ0) is 19.8. The van der Waals surface area contributed by atoms with Gasteiger partial charge in [0.05, 0.1) is 6.04 Å². The van der Waals surface area contributed by atoms with E-state index in [1.165, 1.54) is 36.1 Å². The molecule has 4 nitrogen and oxygen atoms in total. The molecule has 5 rings (SSSR count). The summed E-state index contributed by atoms with van der Waals surface area (Å²) in [7, 11) is 1.69. The molecule has 0 aromatic heterocycles. The van der Waals surface area contributed by atoms with Crippen LogP contribution in [0.2, 0.25) is 0 Å². The molecule has 29 heavy (non-hydrogen) atoms. The summed E-state index contributed by atoms with van der Waals surface area (Å²) < 4.78 is 5.07. The number of nitrogens with one attached hydrogen (secondary N) is 2. The second-order valence-corrected chi connectivity index (χ2v) is 8.87. The maximum atomic E-state index is 12.7. The fourth-order valence-electron chi connectivity index (χ4n) is 6.14. The van der Waals surface area contributed by atoms with Gasteiger partial charge in [-0.3, -0.25) is 4.79 Å². The van der Waals surface area contributed by atoms with Crippen molar-refractivity contribution in [3.8, 4) is 0 Å². The molecular weight excluding hydrogens is 360 g/mol. The van der Waals surface area contributed by atoms with Crippen molar-refractivity contribution in [3.05, 3.63) is 65.2 Å². The summed E-state index contributed by atoms with van der Waals surface area (Å²) in [6, 6.07) is 17.5. The molecule has 0 radical (unpaired) electrons. The quantitative estimate of drug-likeness (QED) is 0.700. The summed E-state index contributed by atoms with van der Waals surface area (Å²) in [5.74, 6) is 2.77. The molecule has 0 spiro atoms. The van der Waals surface area contributed by atoms with Gasteiger partial charge in [-0.25, -0.2) is 0 Å². The van der Waals surface area contributed by atoms with Crippen molar-refractivity contribution >= 4 is 11.6 Å². The van der Waals surface area contributed by atoms with Crippen LogP contribution in [0.5, 0.6) is 0 Å². The molecule has 0 saturated heterocycles. The molecular formula is C25H30N2O2. The number of hydrogen-bond acceptors (Lipinski definition) is 3. The first-order valence-corrected chi connectivity index (χ1v) is 11.0. The lowest BCUT2D eigenvalue weighted by Crippen LogP contribution is -2.35. The molecule has 1 amide bonds. The molecule has 2 aliphatic carbocycles. The van der Waals surface area contributed by atoms with Crippen molar-refractivity contribution in [1.29, 1.82) is 0 Å². The molecule has 2 aromatic rings. The molecule has 2 aromatic carbocycles. The monoisotopic (exact) mass is 390 g/mol. The van der Waals surface area contributed by atoms with Crippen LogP contribution < -0.4 is 10.6 Å². The fraction of sp³-hybridized carbons (Fsp3) is 0.480. The zero-order valence-electron chi connectivity index (χ0n) is 17.1. The predicted molar refractivity (Wildman–Crippen MR) is 115 cm³/mol. The zero-order valence-corrected chi connectivity index (χ0v) is 17.1. The van der Waals surface area contributed by atoms with Crippen molar-refractivity contribution in [3.63, 3.8) is 0 Å². The number of carbonyl (C=O) groups is 1. The van der Waals surface area contributed by atoms with Crippen LogP contribution in [-0.2, 0) is 4.74 Å². The first-order chi connectivity index (χ1) is 14.3. The van der Waals surface area contributed by atoms with Crippen LogP contribution in [0.25, 0.3) is 0 Å². The van der Waals surface area contributed by atoms with E-state index in [-0.39, 0.29) is 5.91 Å². The Balaban J connectivity index is 1.44. The number of hydrogen-bond donors (Lipinski definition) is 2. The summed E-state index contributed by atoms with van der Waals surface area (Å²) in [5.41, 5.74) is 4.74. The second kappa shape index (κ2) is 7.83. The molecule has 2 saturated carbocycles. The highest BCUT2D eigenvalue weighted by atomic mass is 16.5. The predicted octanol–water partition coefficient (Wildman–Crippen LogP) is 4.75. The number of amides is 1. The van der Waals surface area contributed by atoms with Gasteiger partial charge in [-0.15, -0.1) is 0 Å². The number of ether oxygens (including phenoxy) is 1. The fourth-order valence-corrected chi connectivity index (χ4v) is 6.14. The smallest absolute Gasteiger partial charge is 0.251 e. The van der Waals surface area contributed by atoms with Crippen LogP contribution in [-0.4, -0.2) is 26.2 Å². The van der Waals surface area contributed by atoms with Crippen LogP contribution in [0, 0.1) is 17.8 Å². The van der Waals surface area contributed by atoms with Gasteiger partial charge in [0.15, 0.2) is 0 Å². The molecule has 152 valence electrons. The topological polar surface area (TPSA) is 50.4 Å². The molecule has 1 aliphatic heterocycles. The van der Waals surface area contributed by atoms with E-state index < -0.39 is 0 Å². The second-order valence-electron chi connectivity index (χ2n) is 8.87. The van der Waals surface area contributed by atoms with E-state index in [1.807, 2.05) is 6.07 Å². The third-order valence-corrected chi connectivity index (χ3v) is 7.32. The van der Waals surface area contributed by atoms with Crippen LogP contribution in [0.3, 0.4) is 0 Å². The minimum Gasteiger partial charge on any atom is -0.385 e. The van der Waals surface area contributed by atoms with Crippen LogP contribution in [0.4, 0.5) is 5.69 Å². The molecule has 3 aliphatic rings. The number of anilines is 1. The highest BCUT2D eigenvalue weighted by molar-refractivity contribution is 5.95. The molecule has 0 unspecified atom stereocenters. The Morgan fingerprint density at radius 2 is 1.97 bits per heavy atom. The number of methoxy groups -OCH3 is 1. The van der Waals surface area contributed by atoms with E-state index in [0.717, 1.165) is 23.8 Å². The Labute approximate surface area is 173 Å². The Hall–Kier alpha value is -2.33. The van der Waals surface area contributed by atoms with E-state index in [1.54, 1.807) is 7.11 Å². The van der Waals surface area contributed by atoms with E-state index in [0.29, 0.717) is 31.0 Å². The van der Waals surface area contributed by atoms with E-state index in [4.69, 9.17) is 4.74 Å². The summed E-state index contributed by atoms with van der Waals surface area (Å²) >= 11 is 0. The summed E-state index contributed by atoms with van der Waals surface area (Å²) in [6.07, 6.45) is 4.86. The van der Waals surface area contributed by atoms with E-state index in [2.05, 4.69) is 53.1 Å². The highest BCUT2D eigenvalue weighted by Crippen LogP contribution is 2.63. The third-order valence-electron chi connectivity index (χ3n) is 7.32. The minimum atomic E-state index is 0.0220. The van der Waals surface area contributed by atoms with Crippen LogP contribution in [0.15, 0.2) is 48.5 Å². The van der Waals surface area contributed by atoms with Crippen LogP contribution >= 0.6 is 0 Å². The largest absolute Gasteiger partial charge is 0.385 e. The first kappa shape index (κ1) is 18.7. The molecule has 2 fully saturated rings. The van der Waals surface area contributed by atoms with E-state index in [9.17, 15) is 4.79 Å². The van der Waals surface area contributed by atoms with Gasteiger partial charge in [-0.05, 0) is 78.7 Å². The summed E-state index contributed by atoms with van der Waals surface area (Å²) in [5, 5.41) is 6.88. The molecule has 4 heteroatoms. The Morgan fingerprint density at radius 1 is 1.14 bits per heavy atom. The molecule has 1 heterocycles. The Morgan fingerprint density at radius 3 is 2.79 bits per heavy atom. The van der Waals surface area contributed by atoms with Gasteiger partial charge in [-0.2, -0.15) is 0 Å². The average Bonchev–Trinajstić information content (AvgIpc) is 3.39. The van der Waals surface area contributed by atoms with Gasteiger partial charge in [0.2, 0.25) is 0 Å². The van der Waals surface area contributed by atoms with Crippen molar-refractivity contribution < 1.29 is 9.53 Å². The van der Waals surface area contributed by atoms with E-state index >= 15 is 0 Å². The van der Waals surface area contributed by atoms with Gasteiger partial charge in [0, 0.05) is 31.5 Å². The van der Waals surface area contributed by atoms with Crippen molar-refractivity contribution in [1.82, 2.24) is 5.32 Å². The van der Waals surface area contributed by atoms with Crippen molar-refractivity contribution in [2.24, 2.45) is 17.8 Å². The lowest BCUT2D eigenvalue weighted by molar-refractivity contribution is 0.0948. The average molecular weight is 391 g/mol. The minimum absolute atomic E-state index is 0.0220. The van der Waals surface area contributed by atoms with Crippen LogP contribution in [0.1, 0.15) is 59.1 Å². The van der Waals surface area contributed by atoms with Gasteiger partial charge in [0.1, 0.15) is 0 Å². The standard InChI is InChI=1S/C25H30N2O2/c1-29-13-5-12-26-25(28)19-10-11-21-20(15-19)22-17-8-9-18(14-17)23(22)24(27-21)16-6-3-2-4-7-16/h2-4,6-7,10-11,15,17-18,22-24,27H,5,8-9,12-14H2,1H3,(H,26,28)/t17-,18+,22-,23+,24+/m1/s1. The van der Waals surface area contributed by atoms with Gasteiger partial charge in [-0.1, -0.05) is 30.3 Å². The van der Waals surface area contributed by atoms with Crippen molar-refractivity contribution in [2.75, 3.05) is 25.6 Å². The van der Waals surface area contributed by atoms with Crippen molar-refractivity contribution in [2.45, 2.75) is 37.6 Å². The summed E-state index contributed by atoms with van der Waals surface area (Å²) in [4.78, 5) is 12.7. The normalized spacial score (nSPS) is 29.1.